The van der Waals surface area contributed by atoms with Gasteiger partial charge in [0.15, 0.2) is 11.5 Å². The lowest BCUT2D eigenvalue weighted by Gasteiger charge is -2.19. The highest BCUT2D eigenvalue weighted by Gasteiger charge is 2.15. The molecule has 0 radical (unpaired) electrons. The first kappa shape index (κ1) is 16.1. The molecule has 1 aliphatic rings. The number of fused-ring (bicyclic) bond motifs is 1. The highest BCUT2D eigenvalue weighted by molar-refractivity contribution is 5.89. The third-order valence-electron chi connectivity index (χ3n) is 3.52. The maximum absolute atomic E-state index is 13.6. The lowest BCUT2D eigenvalue weighted by Crippen LogP contribution is -2.32. The Balaban J connectivity index is 1.55. The van der Waals surface area contributed by atoms with Gasteiger partial charge in [-0.2, -0.15) is 0 Å². The molecule has 2 amide bonds. The fourth-order valence-electron chi connectivity index (χ4n) is 2.34. The number of ether oxygens (including phenoxy) is 2. The number of halogens is 1. The third-order valence-corrected chi connectivity index (χ3v) is 3.52. The summed E-state index contributed by atoms with van der Waals surface area (Å²) in [6.07, 6.45) is -1.13. The number of aliphatic hydroxyl groups is 1. The van der Waals surface area contributed by atoms with Crippen molar-refractivity contribution in [1.82, 2.24) is 5.32 Å². The molecule has 1 atom stereocenters. The van der Waals surface area contributed by atoms with Crippen LogP contribution in [0.3, 0.4) is 0 Å². The number of nitrogens with one attached hydrogen (secondary N) is 2. The van der Waals surface area contributed by atoms with Gasteiger partial charge in [0.1, 0.15) is 19.0 Å². The highest BCUT2D eigenvalue weighted by Crippen LogP contribution is 2.32. The summed E-state index contributed by atoms with van der Waals surface area (Å²) in [7, 11) is 0. The quantitative estimate of drug-likeness (QED) is 0.803. The molecule has 1 aliphatic heterocycles. The highest BCUT2D eigenvalue weighted by atomic mass is 19.1. The lowest BCUT2D eigenvalue weighted by molar-refractivity contribution is 0.170. The summed E-state index contributed by atoms with van der Waals surface area (Å²) in [6.45, 7) is 0.836. The number of carbonyl (C=O) groups is 1. The van der Waals surface area contributed by atoms with E-state index >= 15 is 0 Å². The molecule has 1 heterocycles. The second-order valence-electron chi connectivity index (χ2n) is 5.23. The molecule has 2 aromatic rings. The Hall–Kier alpha value is -2.80. The van der Waals surface area contributed by atoms with Crippen LogP contribution in [0, 0.1) is 5.82 Å². The Morgan fingerprint density at radius 2 is 1.92 bits per heavy atom. The van der Waals surface area contributed by atoms with Gasteiger partial charge >= 0.3 is 6.03 Å². The van der Waals surface area contributed by atoms with Crippen LogP contribution >= 0.6 is 0 Å². The van der Waals surface area contributed by atoms with Crippen LogP contribution in [0.4, 0.5) is 14.9 Å². The molecule has 2 aromatic carbocycles. The minimum atomic E-state index is -1.13. The van der Waals surface area contributed by atoms with Crippen molar-refractivity contribution in [2.45, 2.75) is 6.10 Å². The van der Waals surface area contributed by atoms with E-state index in [1.807, 2.05) is 0 Å². The average molecular weight is 332 g/mol. The SMILES string of the molecule is O=C(NC[C@@H](O)c1ccccc1F)Nc1ccc2c(c1)OCCO2. The van der Waals surface area contributed by atoms with Crippen LogP contribution in [0.15, 0.2) is 42.5 Å². The summed E-state index contributed by atoms with van der Waals surface area (Å²) in [5, 5.41) is 15.1. The first-order valence-corrected chi connectivity index (χ1v) is 7.50. The normalized spacial score (nSPS) is 13.9. The molecular weight excluding hydrogens is 315 g/mol. The van der Waals surface area contributed by atoms with E-state index in [-0.39, 0.29) is 12.1 Å². The van der Waals surface area contributed by atoms with Crippen molar-refractivity contribution in [1.29, 1.82) is 0 Å². The number of carbonyl (C=O) groups excluding carboxylic acids is 1. The molecular formula is C17H17FN2O4. The summed E-state index contributed by atoms with van der Waals surface area (Å²) in [4.78, 5) is 11.9. The molecule has 0 saturated heterocycles. The molecule has 0 bridgehead atoms. The number of urea groups is 1. The summed E-state index contributed by atoms with van der Waals surface area (Å²) in [6, 6.07) is 10.4. The summed E-state index contributed by atoms with van der Waals surface area (Å²) >= 11 is 0. The fraction of sp³-hybridized carbons (Fsp3) is 0.235. The summed E-state index contributed by atoms with van der Waals surface area (Å²) < 4.78 is 24.4. The number of amides is 2. The smallest absolute Gasteiger partial charge is 0.319 e. The Labute approximate surface area is 138 Å². The van der Waals surface area contributed by atoms with Gasteiger partial charge in [0.05, 0.1) is 6.10 Å². The zero-order valence-electron chi connectivity index (χ0n) is 12.8. The molecule has 7 heteroatoms. The molecule has 3 N–H and O–H groups in total. The van der Waals surface area contributed by atoms with E-state index in [1.165, 1.54) is 18.2 Å². The maximum atomic E-state index is 13.6. The molecule has 24 heavy (non-hydrogen) atoms. The maximum Gasteiger partial charge on any atom is 0.319 e. The fourth-order valence-corrected chi connectivity index (χ4v) is 2.34. The Bertz CT molecular complexity index is 738. The van der Waals surface area contributed by atoms with E-state index in [4.69, 9.17) is 9.47 Å². The second-order valence-corrected chi connectivity index (χ2v) is 5.23. The number of rotatable bonds is 4. The molecule has 0 spiro atoms. The topological polar surface area (TPSA) is 79.8 Å². The molecule has 0 fully saturated rings. The second kappa shape index (κ2) is 7.18. The van der Waals surface area contributed by atoms with Crippen LogP contribution in [0.1, 0.15) is 11.7 Å². The monoisotopic (exact) mass is 332 g/mol. The van der Waals surface area contributed by atoms with Crippen molar-refractivity contribution in [3.05, 3.63) is 53.8 Å². The summed E-state index contributed by atoms with van der Waals surface area (Å²) in [5.74, 6) is 0.673. The van der Waals surface area contributed by atoms with E-state index in [1.54, 1.807) is 24.3 Å². The van der Waals surface area contributed by atoms with E-state index < -0.39 is 18.0 Å². The first-order valence-electron chi connectivity index (χ1n) is 7.50. The number of hydrogen-bond donors (Lipinski definition) is 3. The first-order chi connectivity index (χ1) is 11.6. The molecule has 6 nitrogen and oxygen atoms in total. The van der Waals surface area contributed by atoms with Crippen molar-refractivity contribution in [2.75, 3.05) is 25.1 Å². The number of benzene rings is 2. The van der Waals surface area contributed by atoms with E-state index in [2.05, 4.69) is 10.6 Å². The Kier molecular flexibility index (Phi) is 4.81. The van der Waals surface area contributed by atoms with Crippen molar-refractivity contribution in [3.63, 3.8) is 0 Å². The molecule has 0 saturated carbocycles. The van der Waals surface area contributed by atoms with Crippen LogP contribution < -0.4 is 20.1 Å². The van der Waals surface area contributed by atoms with Crippen molar-refractivity contribution in [2.24, 2.45) is 0 Å². The van der Waals surface area contributed by atoms with Crippen LogP contribution in [0.2, 0.25) is 0 Å². The minimum Gasteiger partial charge on any atom is -0.486 e. The zero-order valence-corrected chi connectivity index (χ0v) is 12.8. The minimum absolute atomic E-state index is 0.114. The van der Waals surface area contributed by atoms with Crippen LogP contribution in [-0.4, -0.2) is 30.9 Å². The van der Waals surface area contributed by atoms with Crippen molar-refractivity contribution < 1.29 is 23.8 Å². The molecule has 3 rings (SSSR count). The molecule has 0 aliphatic carbocycles. The molecule has 0 aromatic heterocycles. The van der Waals surface area contributed by atoms with E-state index in [9.17, 15) is 14.3 Å². The van der Waals surface area contributed by atoms with E-state index in [0.29, 0.717) is 30.4 Å². The van der Waals surface area contributed by atoms with Gasteiger partial charge in [-0.1, -0.05) is 18.2 Å². The average Bonchev–Trinajstić information content (AvgIpc) is 2.60. The van der Waals surface area contributed by atoms with Gasteiger partial charge in [0.2, 0.25) is 0 Å². The predicted molar refractivity (Wildman–Crippen MR) is 85.8 cm³/mol. The van der Waals surface area contributed by atoms with Crippen molar-refractivity contribution in [3.8, 4) is 11.5 Å². The van der Waals surface area contributed by atoms with Crippen LogP contribution in [0.25, 0.3) is 0 Å². The largest absolute Gasteiger partial charge is 0.486 e. The van der Waals surface area contributed by atoms with Gasteiger partial charge < -0.3 is 25.2 Å². The summed E-state index contributed by atoms with van der Waals surface area (Å²) in [5.41, 5.74) is 0.661. The number of aliphatic hydroxyl groups excluding tert-OH is 1. The van der Waals surface area contributed by atoms with Gasteiger partial charge in [0, 0.05) is 23.9 Å². The van der Waals surface area contributed by atoms with Crippen LogP contribution in [-0.2, 0) is 0 Å². The standard InChI is InChI=1S/C17H17FN2O4/c18-13-4-2-1-3-12(13)14(21)10-19-17(22)20-11-5-6-15-16(9-11)24-8-7-23-15/h1-6,9,14,21H,7-8,10H2,(H2,19,20,22)/t14-/m1/s1. The van der Waals surface area contributed by atoms with E-state index in [0.717, 1.165) is 0 Å². The predicted octanol–water partition coefficient (Wildman–Crippen LogP) is 2.45. The Morgan fingerprint density at radius 1 is 1.17 bits per heavy atom. The third kappa shape index (κ3) is 3.75. The molecule has 126 valence electrons. The number of hydrogen-bond acceptors (Lipinski definition) is 4. The van der Waals surface area contributed by atoms with Gasteiger partial charge in [-0.05, 0) is 18.2 Å². The zero-order chi connectivity index (χ0) is 16.9. The molecule has 0 unspecified atom stereocenters. The van der Waals surface area contributed by atoms with Gasteiger partial charge in [-0.15, -0.1) is 0 Å². The number of anilines is 1. The van der Waals surface area contributed by atoms with Gasteiger partial charge in [-0.25, -0.2) is 9.18 Å². The Morgan fingerprint density at radius 3 is 2.71 bits per heavy atom. The van der Waals surface area contributed by atoms with Crippen LogP contribution in [0.5, 0.6) is 11.5 Å². The van der Waals surface area contributed by atoms with Crippen molar-refractivity contribution >= 4 is 11.7 Å². The lowest BCUT2D eigenvalue weighted by atomic mass is 10.1. The van der Waals surface area contributed by atoms with Gasteiger partial charge in [0.25, 0.3) is 0 Å². The van der Waals surface area contributed by atoms with Gasteiger partial charge in [-0.3, -0.25) is 0 Å².